The minimum Gasteiger partial charge on any atom is -0.458 e. The van der Waals surface area contributed by atoms with Crippen molar-refractivity contribution in [2.24, 2.45) is 0 Å². The van der Waals surface area contributed by atoms with Gasteiger partial charge < -0.3 is 18.4 Å². The maximum absolute atomic E-state index is 12.7. The van der Waals surface area contributed by atoms with Crippen LogP contribution in [0.2, 0.25) is 0 Å². The van der Waals surface area contributed by atoms with E-state index in [0.717, 1.165) is 61.1 Å². The van der Waals surface area contributed by atoms with Gasteiger partial charge in [-0.15, -0.1) is 0 Å². The normalized spacial score (nSPS) is 12.0. The maximum atomic E-state index is 12.7. The molecule has 0 unspecified atom stereocenters. The molecule has 0 amide bonds. The van der Waals surface area contributed by atoms with Crippen molar-refractivity contribution in [1.29, 1.82) is 0 Å². The summed E-state index contributed by atoms with van der Waals surface area (Å²) in [6.45, 7) is 20.1. The number of hydrogen-bond acceptors (Lipinski definition) is 4. The molecule has 0 aromatic rings. The third kappa shape index (κ3) is 22.4. The summed E-state index contributed by atoms with van der Waals surface area (Å²) in [7, 11) is 0. The average molecular weight is 627 g/mol. The topological polar surface area (TPSA) is 52.6 Å². The van der Waals surface area contributed by atoms with Crippen molar-refractivity contribution in [2.45, 2.75) is 170 Å². The summed E-state index contributed by atoms with van der Waals surface area (Å²) in [5.41, 5.74) is 0. The van der Waals surface area contributed by atoms with Gasteiger partial charge in [0.15, 0.2) is 13.1 Å². The highest BCUT2D eigenvalue weighted by Gasteiger charge is 2.29. The quantitative estimate of drug-likeness (QED) is 0.0413. The molecule has 0 aliphatic heterocycles. The molecule has 0 saturated heterocycles. The van der Waals surface area contributed by atoms with E-state index in [0.29, 0.717) is 13.1 Å². The highest BCUT2D eigenvalue weighted by atomic mass is 16.6. The first-order chi connectivity index (χ1) is 21.4. The van der Waals surface area contributed by atoms with Gasteiger partial charge in [0.05, 0.1) is 39.3 Å². The maximum Gasteiger partial charge on any atom is 0.361 e. The van der Waals surface area contributed by atoms with Gasteiger partial charge >= 0.3 is 11.9 Å². The molecule has 6 heteroatoms. The Morgan fingerprint density at radius 3 is 0.886 bits per heavy atom. The van der Waals surface area contributed by atoms with Gasteiger partial charge in [0.1, 0.15) is 13.2 Å². The molecule has 0 aromatic heterocycles. The predicted octanol–water partition coefficient (Wildman–Crippen LogP) is 9.63. The van der Waals surface area contributed by atoms with E-state index in [2.05, 4.69) is 41.5 Å². The zero-order chi connectivity index (χ0) is 32.8. The SMILES string of the molecule is CCCCCCCCCCCC[N+](CC)(CC)CC(=O)OCCOC(=O)C[N+](CC)(CC)CCCCCCCCCCCC. The van der Waals surface area contributed by atoms with Crippen LogP contribution in [0.15, 0.2) is 0 Å². The average Bonchev–Trinajstić information content (AvgIpc) is 3.03. The number of carbonyl (C=O) groups excluding carboxylic acids is 2. The number of hydrogen-bond donors (Lipinski definition) is 0. The van der Waals surface area contributed by atoms with Crippen LogP contribution in [0.25, 0.3) is 0 Å². The molecule has 0 rings (SSSR count). The van der Waals surface area contributed by atoms with E-state index >= 15 is 0 Å². The van der Waals surface area contributed by atoms with Crippen LogP contribution in [0.5, 0.6) is 0 Å². The standard InChI is InChI=1S/C38H78N2O4/c1-7-13-15-17-19-21-23-25-27-29-31-39(9-3,10-4)35-37(41)43-33-34-44-38(42)36-40(11-5,12-6)32-30-28-26-24-22-20-18-16-14-8-2/h7-36H2,1-6H3/q+2. The molecule has 0 saturated carbocycles. The number of nitrogens with zero attached hydrogens (tertiary/aromatic N) is 2. The lowest BCUT2D eigenvalue weighted by Gasteiger charge is -2.36. The van der Waals surface area contributed by atoms with Crippen molar-refractivity contribution in [3.05, 3.63) is 0 Å². The van der Waals surface area contributed by atoms with Crippen LogP contribution in [0.3, 0.4) is 0 Å². The predicted molar refractivity (Wildman–Crippen MR) is 188 cm³/mol. The second-order valence-electron chi connectivity index (χ2n) is 13.5. The van der Waals surface area contributed by atoms with Crippen LogP contribution in [0.1, 0.15) is 170 Å². The molecule has 0 bridgehead atoms. The Kier molecular flexibility index (Phi) is 28.5. The van der Waals surface area contributed by atoms with E-state index in [-0.39, 0.29) is 25.2 Å². The van der Waals surface area contributed by atoms with Gasteiger partial charge in [0.2, 0.25) is 0 Å². The lowest BCUT2D eigenvalue weighted by Crippen LogP contribution is -2.52. The zero-order valence-corrected chi connectivity index (χ0v) is 30.7. The Morgan fingerprint density at radius 2 is 0.636 bits per heavy atom. The summed E-state index contributed by atoms with van der Waals surface area (Å²) in [6.07, 6.45) is 26.5. The third-order valence-electron chi connectivity index (χ3n) is 10.2. The zero-order valence-electron chi connectivity index (χ0n) is 30.7. The van der Waals surface area contributed by atoms with E-state index in [4.69, 9.17) is 9.47 Å². The van der Waals surface area contributed by atoms with Crippen molar-refractivity contribution >= 4 is 11.9 Å². The first kappa shape index (κ1) is 42.9. The first-order valence-corrected chi connectivity index (χ1v) is 19.4. The number of likely N-dealkylation sites (N-methyl/N-ethyl adjacent to an activating group) is 2. The second kappa shape index (κ2) is 29.3. The second-order valence-corrected chi connectivity index (χ2v) is 13.5. The lowest BCUT2D eigenvalue weighted by molar-refractivity contribution is -0.918. The van der Waals surface area contributed by atoms with Gasteiger partial charge in [-0.2, -0.15) is 0 Å². The molecule has 0 N–H and O–H groups in total. The molecule has 0 atom stereocenters. The largest absolute Gasteiger partial charge is 0.458 e. The van der Waals surface area contributed by atoms with Crippen molar-refractivity contribution in [1.82, 2.24) is 0 Å². The van der Waals surface area contributed by atoms with Gasteiger partial charge in [-0.3, -0.25) is 0 Å². The number of ether oxygens (including phenoxy) is 2. The summed E-state index contributed by atoms with van der Waals surface area (Å²) in [5, 5.41) is 0. The summed E-state index contributed by atoms with van der Waals surface area (Å²) >= 11 is 0. The Labute approximate surface area is 275 Å². The van der Waals surface area contributed by atoms with Crippen molar-refractivity contribution in [3.63, 3.8) is 0 Å². The van der Waals surface area contributed by atoms with Crippen molar-refractivity contribution in [2.75, 3.05) is 65.6 Å². The summed E-state index contributed by atoms with van der Waals surface area (Å²) in [5.74, 6) is -0.352. The van der Waals surface area contributed by atoms with Gasteiger partial charge in [-0.05, 0) is 53.4 Å². The number of unbranched alkanes of at least 4 members (excludes halogenated alkanes) is 18. The molecule has 0 aliphatic rings. The van der Waals surface area contributed by atoms with Crippen molar-refractivity contribution < 1.29 is 28.0 Å². The van der Waals surface area contributed by atoms with E-state index in [1.165, 1.54) is 116 Å². The number of quaternary nitrogens is 2. The minimum atomic E-state index is -0.176. The van der Waals surface area contributed by atoms with Crippen LogP contribution in [-0.4, -0.2) is 86.5 Å². The first-order valence-electron chi connectivity index (χ1n) is 19.4. The fraction of sp³-hybridized carbons (Fsp3) is 0.947. The molecule has 0 aliphatic carbocycles. The summed E-state index contributed by atoms with van der Waals surface area (Å²) in [4.78, 5) is 25.4. The highest BCUT2D eigenvalue weighted by Crippen LogP contribution is 2.16. The van der Waals surface area contributed by atoms with Gasteiger partial charge in [0.25, 0.3) is 0 Å². The van der Waals surface area contributed by atoms with Gasteiger partial charge in [-0.1, -0.05) is 117 Å². The Morgan fingerprint density at radius 1 is 0.386 bits per heavy atom. The third-order valence-corrected chi connectivity index (χ3v) is 10.2. The Hall–Kier alpha value is -1.14. The lowest BCUT2D eigenvalue weighted by atomic mass is 10.1. The van der Waals surface area contributed by atoms with Crippen LogP contribution in [-0.2, 0) is 19.1 Å². The van der Waals surface area contributed by atoms with Crippen LogP contribution in [0.4, 0.5) is 0 Å². The molecule has 0 heterocycles. The van der Waals surface area contributed by atoms with Crippen LogP contribution >= 0.6 is 0 Å². The monoisotopic (exact) mass is 627 g/mol. The molecule has 0 fully saturated rings. The fourth-order valence-electron chi connectivity index (χ4n) is 6.50. The van der Waals surface area contributed by atoms with Crippen molar-refractivity contribution in [3.8, 4) is 0 Å². The highest BCUT2D eigenvalue weighted by molar-refractivity contribution is 5.71. The number of carbonyl (C=O) groups is 2. The van der Waals surface area contributed by atoms with Crippen LogP contribution in [0, 0.1) is 0 Å². The minimum absolute atomic E-state index is 0.146. The van der Waals surface area contributed by atoms with E-state index in [1.54, 1.807) is 0 Å². The fourth-order valence-corrected chi connectivity index (χ4v) is 6.50. The molecule has 0 radical (unpaired) electrons. The van der Waals surface area contributed by atoms with Gasteiger partial charge in [0, 0.05) is 0 Å². The molecule has 0 aromatic carbocycles. The Bertz CT molecular complexity index is 605. The Balaban J connectivity index is 4.22. The summed E-state index contributed by atoms with van der Waals surface area (Å²) < 4.78 is 12.6. The molecule has 0 spiro atoms. The van der Waals surface area contributed by atoms with E-state index < -0.39 is 0 Å². The number of esters is 2. The van der Waals surface area contributed by atoms with E-state index in [9.17, 15) is 9.59 Å². The van der Waals surface area contributed by atoms with Crippen LogP contribution < -0.4 is 0 Å². The number of rotatable bonds is 33. The molecule has 6 nitrogen and oxygen atoms in total. The molecule has 262 valence electrons. The summed E-state index contributed by atoms with van der Waals surface area (Å²) in [6, 6.07) is 0. The molecular weight excluding hydrogens is 548 g/mol. The molecule has 44 heavy (non-hydrogen) atoms. The smallest absolute Gasteiger partial charge is 0.361 e. The van der Waals surface area contributed by atoms with E-state index in [1.807, 2.05) is 0 Å². The van der Waals surface area contributed by atoms with Gasteiger partial charge in [-0.25, -0.2) is 9.59 Å². The molecular formula is C38H78N2O4+2.